The van der Waals surface area contributed by atoms with Crippen LogP contribution < -0.4 is 11.1 Å². The van der Waals surface area contributed by atoms with E-state index in [9.17, 15) is 4.79 Å². The summed E-state index contributed by atoms with van der Waals surface area (Å²) in [6.07, 6.45) is 5.13. The molecule has 2 aromatic heterocycles. The van der Waals surface area contributed by atoms with Gasteiger partial charge in [0.25, 0.3) is 0 Å². The first-order valence-corrected chi connectivity index (χ1v) is 6.87. The maximum Gasteiger partial charge on any atom is 0.244 e. The first kappa shape index (κ1) is 13.6. The van der Waals surface area contributed by atoms with Crippen LogP contribution in [-0.4, -0.2) is 57.5 Å². The number of nitrogens with zero attached hydrogens (tertiary/aromatic N) is 4. The number of rotatable bonds is 3. The average molecular weight is 290 g/mol. The molecule has 1 saturated heterocycles. The molecule has 3 rings (SSSR count). The van der Waals surface area contributed by atoms with E-state index in [-0.39, 0.29) is 5.91 Å². The number of fused-ring (bicyclic) bond motifs is 1. The van der Waals surface area contributed by atoms with Crippen LogP contribution in [0.15, 0.2) is 18.6 Å². The highest BCUT2D eigenvalue weighted by Gasteiger charge is 2.23. The summed E-state index contributed by atoms with van der Waals surface area (Å²) >= 11 is 0. The van der Waals surface area contributed by atoms with Gasteiger partial charge in [-0.25, -0.2) is 9.97 Å². The zero-order valence-electron chi connectivity index (χ0n) is 11.8. The number of carbonyl (C=O) groups excluding carboxylic acids is 1. The Kier molecular flexibility index (Phi) is 3.61. The lowest BCUT2D eigenvalue weighted by molar-refractivity contribution is -0.135. The van der Waals surface area contributed by atoms with Crippen molar-refractivity contribution in [3.05, 3.63) is 18.6 Å². The first-order valence-electron chi connectivity index (χ1n) is 6.87. The second-order valence-electron chi connectivity index (χ2n) is 4.98. The van der Waals surface area contributed by atoms with Crippen molar-refractivity contribution >= 4 is 23.2 Å². The van der Waals surface area contributed by atoms with Crippen LogP contribution in [0.1, 0.15) is 6.92 Å². The molecule has 3 N–H and O–H groups in total. The van der Waals surface area contributed by atoms with E-state index in [0.717, 1.165) is 0 Å². The van der Waals surface area contributed by atoms with Gasteiger partial charge in [-0.2, -0.15) is 0 Å². The SMILES string of the molecule is CC(Nc1nc(N)cn2ccnc12)C(=O)N1CCOCC1. The van der Waals surface area contributed by atoms with E-state index in [1.807, 2.05) is 6.92 Å². The maximum absolute atomic E-state index is 12.4. The van der Waals surface area contributed by atoms with Crippen LogP contribution in [0, 0.1) is 0 Å². The Labute approximate surface area is 121 Å². The van der Waals surface area contributed by atoms with Crippen LogP contribution in [0.4, 0.5) is 11.6 Å². The van der Waals surface area contributed by atoms with Gasteiger partial charge in [0.15, 0.2) is 11.5 Å². The Bertz CT molecular complexity index is 649. The van der Waals surface area contributed by atoms with E-state index in [2.05, 4.69) is 15.3 Å². The molecule has 0 spiro atoms. The van der Waals surface area contributed by atoms with Crippen LogP contribution in [0.25, 0.3) is 5.65 Å². The molecule has 1 amide bonds. The van der Waals surface area contributed by atoms with Crippen molar-refractivity contribution < 1.29 is 9.53 Å². The monoisotopic (exact) mass is 290 g/mol. The number of nitrogens with two attached hydrogens (primary N) is 1. The van der Waals surface area contributed by atoms with E-state index in [1.54, 1.807) is 27.9 Å². The average Bonchev–Trinajstić information content (AvgIpc) is 2.95. The van der Waals surface area contributed by atoms with Crippen molar-refractivity contribution in [3.8, 4) is 0 Å². The van der Waals surface area contributed by atoms with Crippen molar-refractivity contribution in [2.45, 2.75) is 13.0 Å². The van der Waals surface area contributed by atoms with Crippen molar-refractivity contribution in [2.75, 3.05) is 37.4 Å². The van der Waals surface area contributed by atoms with Crippen LogP contribution in [-0.2, 0) is 9.53 Å². The van der Waals surface area contributed by atoms with E-state index < -0.39 is 6.04 Å². The van der Waals surface area contributed by atoms with Gasteiger partial charge in [-0.05, 0) is 6.92 Å². The van der Waals surface area contributed by atoms with E-state index >= 15 is 0 Å². The minimum Gasteiger partial charge on any atom is -0.382 e. The van der Waals surface area contributed by atoms with Gasteiger partial charge >= 0.3 is 0 Å². The fourth-order valence-corrected chi connectivity index (χ4v) is 2.37. The smallest absolute Gasteiger partial charge is 0.244 e. The normalized spacial score (nSPS) is 16.9. The zero-order chi connectivity index (χ0) is 14.8. The molecular weight excluding hydrogens is 272 g/mol. The van der Waals surface area contributed by atoms with Crippen molar-refractivity contribution in [2.24, 2.45) is 0 Å². The van der Waals surface area contributed by atoms with E-state index in [1.165, 1.54) is 0 Å². The maximum atomic E-state index is 12.4. The summed E-state index contributed by atoms with van der Waals surface area (Å²) in [6, 6.07) is -0.405. The number of aromatic nitrogens is 3. The molecule has 1 aliphatic rings. The first-order chi connectivity index (χ1) is 10.1. The third-order valence-corrected chi connectivity index (χ3v) is 3.44. The fourth-order valence-electron chi connectivity index (χ4n) is 2.37. The third kappa shape index (κ3) is 2.75. The summed E-state index contributed by atoms with van der Waals surface area (Å²) < 4.78 is 7.03. The predicted molar refractivity (Wildman–Crippen MR) is 77.9 cm³/mol. The van der Waals surface area contributed by atoms with Crippen molar-refractivity contribution in [1.82, 2.24) is 19.3 Å². The quantitative estimate of drug-likeness (QED) is 0.824. The van der Waals surface area contributed by atoms with Crippen LogP contribution in [0.2, 0.25) is 0 Å². The van der Waals surface area contributed by atoms with Gasteiger partial charge in [-0.1, -0.05) is 0 Å². The molecule has 0 aliphatic carbocycles. The number of hydrogen-bond acceptors (Lipinski definition) is 6. The summed E-state index contributed by atoms with van der Waals surface area (Å²) in [5.41, 5.74) is 6.41. The Morgan fingerprint density at radius 2 is 2.24 bits per heavy atom. The number of nitrogen functional groups attached to an aromatic ring is 1. The minimum atomic E-state index is -0.405. The van der Waals surface area contributed by atoms with E-state index in [4.69, 9.17) is 10.5 Å². The van der Waals surface area contributed by atoms with Crippen LogP contribution >= 0.6 is 0 Å². The van der Waals surface area contributed by atoms with Crippen LogP contribution in [0.3, 0.4) is 0 Å². The van der Waals surface area contributed by atoms with Gasteiger partial charge in [-0.3, -0.25) is 4.79 Å². The standard InChI is InChI=1S/C13H18N6O2/c1-9(13(20)18-4-6-21-7-5-18)16-11-12-15-2-3-19(12)8-10(14)17-11/h2-3,8-9H,4-7,14H2,1H3,(H,16,17). The summed E-state index contributed by atoms with van der Waals surface area (Å²) in [4.78, 5) is 22.6. The number of hydrogen-bond donors (Lipinski definition) is 2. The number of anilines is 2. The Morgan fingerprint density at radius 3 is 3.00 bits per heavy atom. The van der Waals surface area contributed by atoms with Gasteiger partial charge in [0.2, 0.25) is 5.91 Å². The Balaban J connectivity index is 1.77. The van der Waals surface area contributed by atoms with Crippen molar-refractivity contribution in [1.29, 1.82) is 0 Å². The summed E-state index contributed by atoms with van der Waals surface area (Å²) in [7, 11) is 0. The lowest BCUT2D eigenvalue weighted by Gasteiger charge is -2.29. The van der Waals surface area contributed by atoms with Gasteiger partial charge in [0.1, 0.15) is 11.9 Å². The number of carbonyl (C=O) groups is 1. The second-order valence-corrected chi connectivity index (χ2v) is 4.98. The lowest BCUT2D eigenvalue weighted by Crippen LogP contribution is -2.47. The molecule has 0 radical (unpaired) electrons. The second kappa shape index (κ2) is 5.57. The molecule has 0 bridgehead atoms. The molecule has 21 heavy (non-hydrogen) atoms. The number of imidazole rings is 1. The molecule has 0 saturated carbocycles. The highest BCUT2D eigenvalue weighted by atomic mass is 16.5. The number of morpholine rings is 1. The molecule has 8 heteroatoms. The third-order valence-electron chi connectivity index (χ3n) is 3.44. The van der Waals surface area contributed by atoms with Gasteiger partial charge < -0.3 is 25.1 Å². The largest absolute Gasteiger partial charge is 0.382 e. The van der Waals surface area contributed by atoms with Gasteiger partial charge in [0, 0.05) is 25.5 Å². The number of nitrogens with one attached hydrogen (secondary N) is 1. The molecule has 1 fully saturated rings. The molecule has 2 aromatic rings. The highest BCUT2D eigenvalue weighted by molar-refractivity contribution is 5.85. The van der Waals surface area contributed by atoms with Gasteiger partial charge in [0.05, 0.1) is 19.4 Å². The van der Waals surface area contributed by atoms with E-state index in [0.29, 0.717) is 43.6 Å². The molecule has 1 unspecified atom stereocenters. The number of ether oxygens (including phenoxy) is 1. The minimum absolute atomic E-state index is 0.0206. The molecule has 112 valence electrons. The summed E-state index contributed by atoms with van der Waals surface area (Å²) in [6.45, 7) is 4.21. The lowest BCUT2D eigenvalue weighted by atomic mass is 10.2. The molecule has 8 nitrogen and oxygen atoms in total. The van der Waals surface area contributed by atoms with Crippen molar-refractivity contribution in [3.63, 3.8) is 0 Å². The molecule has 1 atom stereocenters. The van der Waals surface area contributed by atoms with Crippen LogP contribution in [0.5, 0.6) is 0 Å². The molecule has 1 aliphatic heterocycles. The molecule has 0 aromatic carbocycles. The van der Waals surface area contributed by atoms with Gasteiger partial charge in [-0.15, -0.1) is 0 Å². The summed E-state index contributed by atoms with van der Waals surface area (Å²) in [5.74, 6) is 0.898. The Hall–Kier alpha value is -2.35. The molecular formula is C13H18N6O2. The Morgan fingerprint density at radius 1 is 1.48 bits per heavy atom. The predicted octanol–water partition coefficient (Wildman–Crippen LogP) is -0.0293. The zero-order valence-corrected chi connectivity index (χ0v) is 11.8. The summed E-state index contributed by atoms with van der Waals surface area (Å²) in [5, 5.41) is 3.10. The molecule has 3 heterocycles. The number of amides is 1. The fraction of sp³-hybridized carbons (Fsp3) is 0.462. The highest BCUT2D eigenvalue weighted by Crippen LogP contribution is 2.16. The topological polar surface area (TPSA) is 97.8 Å².